The fourth-order valence-electron chi connectivity index (χ4n) is 1.79. The molecule has 0 unspecified atom stereocenters. The topological polar surface area (TPSA) is 52.6 Å². The van der Waals surface area contributed by atoms with Gasteiger partial charge in [-0.1, -0.05) is 19.4 Å². The lowest BCUT2D eigenvalue weighted by Gasteiger charge is -2.20. The number of hydrogen-bond donors (Lipinski definition) is 2. The second kappa shape index (κ2) is 7.74. The Hall–Kier alpha value is -1.62. The van der Waals surface area contributed by atoms with Crippen LogP contribution < -0.4 is 10.2 Å². The van der Waals surface area contributed by atoms with Crippen molar-refractivity contribution >= 4 is 11.7 Å². The third kappa shape index (κ3) is 5.26. The van der Waals surface area contributed by atoms with Crippen LogP contribution in [0.3, 0.4) is 0 Å². The number of unbranched alkanes of at least 4 members (excludes halogenated alkanes) is 1. The lowest BCUT2D eigenvalue weighted by atomic mass is 10.1. The van der Waals surface area contributed by atoms with Crippen molar-refractivity contribution in [3.63, 3.8) is 0 Å². The summed E-state index contributed by atoms with van der Waals surface area (Å²) in [5.74, 6) is -1.15. The quantitative estimate of drug-likeness (QED) is 0.759. The summed E-state index contributed by atoms with van der Waals surface area (Å²) in [5.41, 5.74) is 1.43. The predicted octanol–water partition coefficient (Wildman–Crippen LogP) is 2.24. The standard InChI is InChI=1S/C14H21FN2O2/c1-3-4-7-17(2)13-8-11(5-6-12(13)15)9-16-10-14(18)19/h5-6,8,16H,3-4,7,9-10H2,1-2H3,(H,18,19). The first-order chi connectivity index (χ1) is 9.04. The molecule has 0 saturated heterocycles. The number of nitrogens with zero attached hydrogens (tertiary/aromatic N) is 1. The summed E-state index contributed by atoms with van der Waals surface area (Å²) in [6.07, 6.45) is 2.07. The van der Waals surface area contributed by atoms with Crippen LogP contribution in [-0.2, 0) is 11.3 Å². The zero-order valence-electron chi connectivity index (χ0n) is 11.4. The van der Waals surface area contributed by atoms with Crippen LogP contribution in [0.25, 0.3) is 0 Å². The van der Waals surface area contributed by atoms with Crippen LogP contribution in [0.1, 0.15) is 25.3 Å². The molecule has 2 N–H and O–H groups in total. The molecule has 0 aliphatic heterocycles. The number of carboxylic acid groups (broad SMARTS) is 1. The number of halogens is 1. The Morgan fingerprint density at radius 1 is 1.47 bits per heavy atom. The van der Waals surface area contributed by atoms with E-state index in [-0.39, 0.29) is 12.4 Å². The second-order valence-corrected chi connectivity index (χ2v) is 4.56. The van der Waals surface area contributed by atoms with Gasteiger partial charge in [0.1, 0.15) is 5.82 Å². The zero-order valence-corrected chi connectivity index (χ0v) is 11.4. The number of hydrogen-bond acceptors (Lipinski definition) is 3. The molecule has 0 aromatic heterocycles. The van der Waals surface area contributed by atoms with Crippen LogP contribution in [0.4, 0.5) is 10.1 Å². The predicted molar refractivity (Wildman–Crippen MR) is 73.9 cm³/mol. The van der Waals surface area contributed by atoms with Gasteiger partial charge in [-0.15, -0.1) is 0 Å². The molecular weight excluding hydrogens is 247 g/mol. The minimum Gasteiger partial charge on any atom is -0.480 e. The summed E-state index contributed by atoms with van der Waals surface area (Å²) < 4.78 is 13.7. The molecule has 0 amide bonds. The average Bonchev–Trinajstić information content (AvgIpc) is 2.37. The smallest absolute Gasteiger partial charge is 0.317 e. The molecule has 0 heterocycles. The molecule has 1 aromatic carbocycles. The van der Waals surface area contributed by atoms with E-state index >= 15 is 0 Å². The summed E-state index contributed by atoms with van der Waals surface area (Å²) in [6.45, 7) is 3.22. The first kappa shape index (κ1) is 15.4. The summed E-state index contributed by atoms with van der Waals surface area (Å²) in [4.78, 5) is 12.3. The fourth-order valence-corrected chi connectivity index (χ4v) is 1.79. The van der Waals surface area contributed by atoms with E-state index in [2.05, 4.69) is 12.2 Å². The Bertz CT molecular complexity index is 424. The molecule has 0 atom stereocenters. The van der Waals surface area contributed by atoms with Crippen LogP contribution in [-0.4, -0.2) is 31.2 Å². The van der Waals surface area contributed by atoms with Crippen molar-refractivity contribution in [3.8, 4) is 0 Å². The molecular formula is C14H21FN2O2. The van der Waals surface area contributed by atoms with Crippen molar-refractivity contribution < 1.29 is 14.3 Å². The van der Waals surface area contributed by atoms with Crippen molar-refractivity contribution in [1.29, 1.82) is 0 Å². The Kier molecular flexibility index (Phi) is 6.29. The molecule has 0 saturated carbocycles. The molecule has 0 radical (unpaired) electrons. The van der Waals surface area contributed by atoms with Gasteiger partial charge >= 0.3 is 5.97 Å². The number of rotatable bonds is 8. The van der Waals surface area contributed by atoms with Gasteiger partial charge in [0, 0.05) is 20.1 Å². The summed E-state index contributed by atoms with van der Waals surface area (Å²) in [6, 6.07) is 4.86. The van der Waals surface area contributed by atoms with Gasteiger partial charge in [0.05, 0.1) is 12.2 Å². The van der Waals surface area contributed by atoms with E-state index in [1.54, 1.807) is 12.1 Å². The van der Waals surface area contributed by atoms with Crippen molar-refractivity contribution in [2.45, 2.75) is 26.3 Å². The summed E-state index contributed by atoms with van der Waals surface area (Å²) >= 11 is 0. The van der Waals surface area contributed by atoms with Crippen LogP contribution in [0.5, 0.6) is 0 Å². The van der Waals surface area contributed by atoms with Crippen molar-refractivity contribution in [3.05, 3.63) is 29.6 Å². The molecule has 106 valence electrons. The highest BCUT2D eigenvalue weighted by Gasteiger charge is 2.08. The van der Waals surface area contributed by atoms with E-state index in [1.165, 1.54) is 6.07 Å². The van der Waals surface area contributed by atoms with Gasteiger partial charge in [0.25, 0.3) is 0 Å². The molecule has 1 aromatic rings. The summed E-state index contributed by atoms with van der Waals surface area (Å²) in [5, 5.41) is 11.3. The lowest BCUT2D eigenvalue weighted by molar-refractivity contribution is -0.135. The Labute approximate surface area is 113 Å². The largest absolute Gasteiger partial charge is 0.480 e. The van der Waals surface area contributed by atoms with Gasteiger partial charge in [0.2, 0.25) is 0 Å². The number of anilines is 1. The number of carbonyl (C=O) groups is 1. The number of aliphatic carboxylic acids is 1. The van der Waals surface area contributed by atoms with E-state index in [4.69, 9.17) is 5.11 Å². The molecule has 0 spiro atoms. The molecule has 19 heavy (non-hydrogen) atoms. The maximum Gasteiger partial charge on any atom is 0.317 e. The van der Waals surface area contributed by atoms with E-state index < -0.39 is 5.97 Å². The maximum atomic E-state index is 13.7. The molecule has 0 aliphatic carbocycles. The summed E-state index contributed by atoms with van der Waals surface area (Å²) in [7, 11) is 1.86. The molecule has 0 aliphatic rings. The Balaban J connectivity index is 2.67. The first-order valence-corrected chi connectivity index (χ1v) is 6.46. The van der Waals surface area contributed by atoms with E-state index in [9.17, 15) is 9.18 Å². The highest BCUT2D eigenvalue weighted by molar-refractivity contribution is 5.69. The minimum atomic E-state index is -0.901. The van der Waals surface area contributed by atoms with E-state index in [0.29, 0.717) is 12.2 Å². The normalized spacial score (nSPS) is 10.5. The SMILES string of the molecule is CCCCN(C)c1cc(CNCC(=O)O)ccc1F. The Morgan fingerprint density at radius 3 is 2.84 bits per heavy atom. The highest BCUT2D eigenvalue weighted by Crippen LogP contribution is 2.20. The Morgan fingerprint density at radius 2 is 2.21 bits per heavy atom. The van der Waals surface area contributed by atoms with Gasteiger partial charge in [0.15, 0.2) is 0 Å². The van der Waals surface area contributed by atoms with Crippen molar-refractivity contribution in [1.82, 2.24) is 5.32 Å². The van der Waals surface area contributed by atoms with Crippen molar-refractivity contribution in [2.24, 2.45) is 0 Å². The number of nitrogens with one attached hydrogen (secondary N) is 1. The molecule has 1 rings (SSSR count). The van der Waals surface area contributed by atoms with E-state index in [1.807, 2.05) is 11.9 Å². The van der Waals surface area contributed by atoms with Gasteiger partial charge in [-0.2, -0.15) is 0 Å². The van der Waals surface area contributed by atoms with Crippen LogP contribution in [0.15, 0.2) is 18.2 Å². The number of benzene rings is 1. The molecule has 0 fully saturated rings. The van der Waals surface area contributed by atoms with Crippen LogP contribution >= 0.6 is 0 Å². The third-order valence-corrected chi connectivity index (χ3v) is 2.87. The van der Waals surface area contributed by atoms with Gasteiger partial charge in [-0.25, -0.2) is 4.39 Å². The average molecular weight is 268 g/mol. The zero-order chi connectivity index (χ0) is 14.3. The lowest BCUT2D eigenvalue weighted by Crippen LogP contribution is -2.23. The van der Waals surface area contributed by atoms with Crippen LogP contribution in [0.2, 0.25) is 0 Å². The maximum absolute atomic E-state index is 13.7. The minimum absolute atomic E-state index is 0.0988. The van der Waals surface area contributed by atoms with Gasteiger partial charge in [-0.3, -0.25) is 4.79 Å². The molecule has 0 bridgehead atoms. The van der Waals surface area contributed by atoms with Gasteiger partial charge < -0.3 is 15.3 Å². The first-order valence-electron chi connectivity index (χ1n) is 6.46. The molecule has 4 nitrogen and oxygen atoms in total. The van der Waals surface area contributed by atoms with Crippen LogP contribution in [0, 0.1) is 5.82 Å². The molecule has 5 heteroatoms. The number of carboxylic acids is 1. The second-order valence-electron chi connectivity index (χ2n) is 4.56. The van der Waals surface area contributed by atoms with Crippen molar-refractivity contribution in [2.75, 3.05) is 25.0 Å². The van der Waals surface area contributed by atoms with E-state index in [0.717, 1.165) is 24.9 Å². The third-order valence-electron chi connectivity index (χ3n) is 2.87. The monoisotopic (exact) mass is 268 g/mol. The van der Waals surface area contributed by atoms with Gasteiger partial charge in [-0.05, 0) is 24.1 Å². The highest BCUT2D eigenvalue weighted by atomic mass is 19.1. The fraction of sp³-hybridized carbons (Fsp3) is 0.500.